The van der Waals surface area contributed by atoms with Crippen LogP contribution in [-0.2, 0) is 0 Å². The quantitative estimate of drug-likeness (QED) is 0.638. The molecular formula is C19H31N. The minimum atomic E-state index is 0.456. The molecule has 0 radical (unpaired) electrons. The highest BCUT2D eigenvalue weighted by molar-refractivity contribution is 5.24. The molecule has 3 saturated carbocycles. The fourth-order valence-corrected chi connectivity index (χ4v) is 6.74. The zero-order chi connectivity index (χ0) is 14.0. The van der Waals surface area contributed by atoms with E-state index in [1.54, 1.807) is 0 Å². The number of hydrogen-bond donors (Lipinski definition) is 1. The number of fused-ring (bicyclic) bond motifs is 5. The second-order valence-corrected chi connectivity index (χ2v) is 8.69. The first-order valence-corrected chi connectivity index (χ1v) is 9.01. The summed E-state index contributed by atoms with van der Waals surface area (Å²) in [6.07, 6.45) is 15.3. The third-order valence-corrected chi connectivity index (χ3v) is 8.09. The van der Waals surface area contributed by atoms with Gasteiger partial charge in [-0.25, -0.2) is 0 Å². The fourth-order valence-electron chi connectivity index (χ4n) is 6.74. The molecule has 6 atom stereocenters. The molecule has 0 heterocycles. The molecular weight excluding hydrogens is 242 g/mol. The standard InChI is InChI=1S/C19H31N/c1-18-11-4-3-5-13(18)6-7-14-15-8-9-17(20)19(15,2)12-10-16(14)18/h6,14-17H,3-5,7-12,20H2,1-2H3. The van der Waals surface area contributed by atoms with E-state index in [0.29, 0.717) is 16.9 Å². The van der Waals surface area contributed by atoms with Crippen LogP contribution in [0.25, 0.3) is 0 Å². The molecule has 0 aromatic carbocycles. The Kier molecular flexibility index (Phi) is 2.91. The summed E-state index contributed by atoms with van der Waals surface area (Å²) in [4.78, 5) is 0. The number of rotatable bonds is 0. The third kappa shape index (κ3) is 1.59. The maximum atomic E-state index is 6.49. The molecule has 4 aliphatic carbocycles. The lowest BCUT2D eigenvalue weighted by molar-refractivity contribution is -0.0298. The highest BCUT2D eigenvalue weighted by Gasteiger charge is 2.57. The molecule has 112 valence electrons. The highest BCUT2D eigenvalue weighted by atomic mass is 14.8. The van der Waals surface area contributed by atoms with Gasteiger partial charge in [-0.05, 0) is 80.0 Å². The van der Waals surface area contributed by atoms with Crippen molar-refractivity contribution in [2.24, 2.45) is 34.3 Å². The average molecular weight is 273 g/mol. The van der Waals surface area contributed by atoms with E-state index < -0.39 is 0 Å². The van der Waals surface area contributed by atoms with Crippen LogP contribution >= 0.6 is 0 Å². The zero-order valence-corrected chi connectivity index (χ0v) is 13.3. The van der Waals surface area contributed by atoms with Crippen molar-refractivity contribution in [1.82, 2.24) is 0 Å². The van der Waals surface area contributed by atoms with Crippen LogP contribution in [0.4, 0.5) is 0 Å². The van der Waals surface area contributed by atoms with Crippen LogP contribution in [0.15, 0.2) is 11.6 Å². The molecule has 2 N–H and O–H groups in total. The minimum Gasteiger partial charge on any atom is -0.327 e. The number of nitrogens with two attached hydrogens (primary N) is 1. The first kappa shape index (κ1) is 13.4. The summed E-state index contributed by atoms with van der Waals surface area (Å²) in [7, 11) is 0. The molecule has 20 heavy (non-hydrogen) atoms. The molecule has 3 fully saturated rings. The van der Waals surface area contributed by atoms with E-state index in [1.807, 2.05) is 5.57 Å². The lowest BCUT2D eigenvalue weighted by atomic mass is 9.48. The monoisotopic (exact) mass is 273 g/mol. The molecule has 1 heteroatoms. The molecule has 0 bridgehead atoms. The van der Waals surface area contributed by atoms with Crippen molar-refractivity contribution >= 4 is 0 Å². The van der Waals surface area contributed by atoms with Gasteiger partial charge in [-0.15, -0.1) is 0 Å². The van der Waals surface area contributed by atoms with E-state index in [9.17, 15) is 0 Å². The Bertz CT molecular complexity index is 439. The van der Waals surface area contributed by atoms with Crippen LogP contribution in [-0.4, -0.2) is 6.04 Å². The van der Waals surface area contributed by atoms with Crippen LogP contribution in [0, 0.1) is 28.6 Å². The molecule has 4 rings (SSSR count). The summed E-state index contributed by atoms with van der Waals surface area (Å²) in [6.45, 7) is 5.11. The lowest BCUT2D eigenvalue weighted by Gasteiger charge is -2.57. The molecule has 0 aliphatic heterocycles. The summed E-state index contributed by atoms with van der Waals surface area (Å²) in [5.41, 5.74) is 9.33. The second-order valence-electron chi connectivity index (χ2n) is 8.69. The Morgan fingerprint density at radius 2 is 1.90 bits per heavy atom. The van der Waals surface area contributed by atoms with E-state index in [2.05, 4.69) is 19.9 Å². The van der Waals surface area contributed by atoms with Gasteiger partial charge in [0, 0.05) is 6.04 Å². The molecule has 0 aromatic rings. The minimum absolute atomic E-state index is 0.456. The van der Waals surface area contributed by atoms with Gasteiger partial charge >= 0.3 is 0 Å². The average Bonchev–Trinajstić information content (AvgIpc) is 2.74. The van der Waals surface area contributed by atoms with Crippen LogP contribution in [0.2, 0.25) is 0 Å². The fraction of sp³-hybridized carbons (Fsp3) is 0.895. The van der Waals surface area contributed by atoms with Gasteiger partial charge in [0.2, 0.25) is 0 Å². The van der Waals surface area contributed by atoms with E-state index in [-0.39, 0.29) is 0 Å². The van der Waals surface area contributed by atoms with Gasteiger partial charge in [0.25, 0.3) is 0 Å². The van der Waals surface area contributed by atoms with E-state index in [0.717, 1.165) is 17.8 Å². The predicted octanol–water partition coefficient (Wildman–Crippen LogP) is 4.67. The Morgan fingerprint density at radius 1 is 1.05 bits per heavy atom. The van der Waals surface area contributed by atoms with Crippen molar-refractivity contribution in [3.8, 4) is 0 Å². The maximum Gasteiger partial charge on any atom is 0.00957 e. The lowest BCUT2D eigenvalue weighted by Crippen LogP contribution is -2.51. The summed E-state index contributed by atoms with van der Waals surface area (Å²) >= 11 is 0. The van der Waals surface area contributed by atoms with Gasteiger partial charge in [0.05, 0.1) is 0 Å². The smallest absolute Gasteiger partial charge is 0.00957 e. The third-order valence-electron chi connectivity index (χ3n) is 8.09. The van der Waals surface area contributed by atoms with Crippen molar-refractivity contribution in [3.05, 3.63) is 11.6 Å². The van der Waals surface area contributed by atoms with Gasteiger partial charge in [0.1, 0.15) is 0 Å². The zero-order valence-electron chi connectivity index (χ0n) is 13.3. The summed E-state index contributed by atoms with van der Waals surface area (Å²) < 4.78 is 0. The molecule has 1 nitrogen and oxygen atoms in total. The molecule has 6 unspecified atom stereocenters. The number of allylic oxidation sites excluding steroid dienone is 2. The van der Waals surface area contributed by atoms with E-state index in [4.69, 9.17) is 5.73 Å². The van der Waals surface area contributed by atoms with Gasteiger partial charge in [-0.2, -0.15) is 0 Å². The normalized spacial score (nSPS) is 54.6. The van der Waals surface area contributed by atoms with Crippen molar-refractivity contribution in [3.63, 3.8) is 0 Å². The SMILES string of the molecule is CC12CCCCC1=CCC1C2CCC2(C)C(N)CCC12. The summed E-state index contributed by atoms with van der Waals surface area (Å²) in [6, 6.07) is 0.470. The van der Waals surface area contributed by atoms with E-state index in [1.165, 1.54) is 57.8 Å². The molecule has 0 saturated heterocycles. The van der Waals surface area contributed by atoms with Crippen LogP contribution in [0.5, 0.6) is 0 Å². The first-order chi connectivity index (χ1) is 9.56. The van der Waals surface area contributed by atoms with Crippen LogP contribution < -0.4 is 5.73 Å². The molecule has 0 aromatic heterocycles. The summed E-state index contributed by atoms with van der Waals surface area (Å²) in [5, 5.41) is 0. The van der Waals surface area contributed by atoms with Crippen molar-refractivity contribution < 1.29 is 0 Å². The topological polar surface area (TPSA) is 26.0 Å². The Morgan fingerprint density at radius 3 is 2.75 bits per heavy atom. The van der Waals surface area contributed by atoms with Gasteiger partial charge in [-0.3, -0.25) is 0 Å². The number of hydrogen-bond acceptors (Lipinski definition) is 1. The van der Waals surface area contributed by atoms with Crippen molar-refractivity contribution in [1.29, 1.82) is 0 Å². The predicted molar refractivity (Wildman–Crippen MR) is 84.3 cm³/mol. The first-order valence-electron chi connectivity index (χ1n) is 9.01. The van der Waals surface area contributed by atoms with Crippen molar-refractivity contribution in [2.45, 2.75) is 77.7 Å². The molecule has 0 amide bonds. The summed E-state index contributed by atoms with van der Waals surface area (Å²) in [5.74, 6) is 2.81. The van der Waals surface area contributed by atoms with Crippen LogP contribution in [0.1, 0.15) is 71.6 Å². The Balaban J connectivity index is 1.69. The van der Waals surface area contributed by atoms with Gasteiger partial charge in [-0.1, -0.05) is 31.9 Å². The van der Waals surface area contributed by atoms with Crippen LogP contribution in [0.3, 0.4) is 0 Å². The highest BCUT2D eigenvalue weighted by Crippen LogP contribution is 2.64. The van der Waals surface area contributed by atoms with Crippen molar-refractivity contribution in [2.75, 3.05) is 0 Å². The molecule has 0 spiro atoms. The maximum absolute atomic E-state index is 6.49. The largest absolute Gasteiger partial charge is 0.327 e. The molecule has 4 aliphatic rings. The second kappa shape index (κ2) is 4.35. The van der Waals surface area contributed by atoms with E-state index >= 15 is 0 Å². The Labute approximate surface area is 124 Å². The van der Waals surface area contributed by atoms with Gasteiger partial charge < -0.3 is 5.73 Å². The van der Waals surface area contributed by atoms with Gasteiger partial charge in [0.15, 0.2) is 0 Å². The Hall–Kier alpha value is -0.300.